The fraction of sp³-hybridized carbons (Fsp3) is 0.438. The minimum Gasteiger partial charge on any atom is -0.478 e. The lowest BCUT2D eigenvalue weighted by Crippen LogP contribution is -2.41. The van der Waals surface area contributed by atoms with Crippen LogP contribution in [0.1, 0.15) is 18.4 Å². The third kappa shape index (κ3) is 3.71. The van der Waals surface area contributed by atoms with E-state index >= 15 is 0 Å². The summed E-state index contributed by atoms with van der Waals surface area (Å²) in [5.41, 5.74) is 1.25. The van der Waals surface area contributed by atoms with E-state index in [4.69, 9.17) is 4.74 Å². The summed E-state index contributed by atoms with van der Waals surface area (Å²) in [4.78, 5) is 15.1. The number of pyridine rings is 1. The molecule has 0 amide bonds. The van der Waals surface area contributed by atoms with Crippen LogP contribution in [0.25, 0.3) is 0 Å². The summed E-state index contributed by atoms with van der Waals surface area (Å²) < 4.78 is 5.25. The number of ether oxygens (including phenoxy) is 1. The number of methoxy groups -OCH3 is 1. The summed E-state index contributed by atoms with van der Waals surface area (Å²) >= 11 is 0. The van der Waals surface area contributed by atoms with Crippen LogP contribution in [0.15, 0.2) is 36.9 Å². The monoisotopic (exact) mass is 299 g/mol. The summed E-state index contributed by atoms with van der Waals surface area (Å²) in [6.07, 6.45) is 9.36. The van der Waals surface area contributed by atoms with E-state index in [2.05, 4.69) is 31.2 Å². The van der Waals surface area contributed by atoms with Gasteiger partial charge in [-0.1, -0.05) is 6.07 Å². The number of rotatable bonds is 5. The van der Waals surface area contributed by atoms with E-state index in [9.17, 15) is 0 Å². The number of hydrogen-bond acceptors (Lipinski definition) is 6. The largest absolute Gasteiger partial charge is 0.478 e. The Labute approximate surface area is 130 Å². The lowest BCUT2D eigenvalue weighted by atomic mass is 10.1. The van der Waals surface area contributed by atoms with E-state index in [1.54, 1.807) is 19.5 Å². The Kier molecular flexibility index (Phi) is 4.80. The predicted molar refractivity (Wildman–Crippen MR) is 84.7 cm³/mol. The van der Waals surface area contributed by atoms with Crippen LogP contribution < -0.4 is 10.1 Å². The average Bonchev–Trinajstić information content (AvgIpc) is 2.57. The number of nitrogens with zero attached hydrogens (tertiary/aromatic N) is 4. The molecule has 3 heterocycles. The zero-order valence-corrected chi connectivity index (χ0v) is 12.8. The van der Waals surface area contributed by atoms with Gasteiger partial charge in [0.25, 0.3) is 5.88 Å². The Bertz CT molecular complexity index is 592. The van der Waals surface area contributed by atoms with E-state index in [0.717, 1.165) is 31.9 Å². The van der Waals surface area contributed by atoms with Gasteiger partial charge < -0.3 is 10.1 Å². The second kappa shape index (κ2) is 7.17. The fourth-order valence-corrected chi connectivity index (χ4v) is 2.83. The summed E-state index contributed by atoms with van der Waals surface area (Å²) in [6.45, 7) is 3.03. The first kappa shape index (κ1) is 14.7. The maximum Gasteiger partial charge on any atom is 0.257 e. The van der Waals surface area contributed by atoms with Gasteiger partial charge in [-0.05, 0) is 31.0 Å². The predicted octanol–water partition coefficient (Wildman–Crippen LogP) is 1.96. The van der Waals surface area contributed by atoms with E-state index < -0.39 is 0 Å². The molecule has 6 heteroatoms. The van der Waals surface area contributed by atoms with Crippen molar-refractivity contribution >= 4 is 5.82 Å². The van der Waals surface area contributed by atoms with Crippen molar-refractivity contribution in [1.29, 1.82) is 0 Å². The van der Waals surface area contributed by atoms with Crippen molar-refractivity contribution < 1.29 is 4.74 Å². The van der Waals surface area contributed by atoms with Crippen LogP contribution in [0, 0.1) is 0 Å². The van der Waals surface area contributed by atoms with Crippen LogP contribution in [-0.4, -0.2) is 46.1 Å². The topological polar surface area (TPSA) is 63.2 Å². The summed E-state index contributed by atoms with van der Waals surface area (Å²) in [5, 5.41) is 3.46. The molecule has 0 saturated carbocycles. The molecule has 22 heavy (non-hydrogen) atoms. The Morgan fingerprint density at radius 3 is 3.05 bits per heavy atom. The maximum atomic E-state index is 5.25. The lowest BCUT2D eigenvalue weighted by Gasteiger charge is -2.33. The molecule has 1 aliphatic rings. The van der Waals surface area contributed by atoms with E-state index in [1.807, 2.05) is 18.5 Å². The zero-order chi connectivity index (χ0) is 15.2. The number of nitrogens with one attached hydrogen (secondary N) is 1. The van der Waals surface area contributed by atoms with Gasteiger partial charge in [0.1, 0.15) is 0 Å². The second-order valence-electron chi connectivity index (χ2n) is 5.49. The van der Waals surface area contributed by atoms with E-state index in [-0.39, 0.29) is 0 Å². The highest BCUT2D eigenvalue weighted by Crippen LogP contribution is 2.21. The van der Waals surface area contributed by atoms with Crippen LogP contribution in [0.4, 0.5) is 5.82 Å². The molecule has 0 aliphatic carbocycles. The number of likely N-dealkylation sites (tertiary alicyclic amines) is 1. The first-order chi connectivity index (χ1) is 10.8. The highest BCUT2D eigenvalue weighted by atomic mass is 16.5. The third-order valence-electron chi connectivity index (χ3n) is 3.83. The Balaban J connectivity index is 1.61. The van der Waals surface area contributed by atoms with Crippen LogP contribution in [0.5, 0.6) is 5.88 Å². The van der Waals surface area contributed by atoms with Gasteiger partial charge in [0.2, 0.25) is 0 Å². The molecule has 0 unspecified atom stereocenters. The Morgan fingerprint density at radius 1 is 1.32 bits per heavy atom. The van der Waals surface area contributed by atoms with Crippen molar-refractivity contribution in [3.8, 4) is 5.88 Å². The highest BCUT2D eigenvalue weighted by Gasteiger charge is 2.21. The molecule has 2 aromatic rings. The molecule has 1 atom stereocenters. The van der Waals surface area contributed by atoms with Crippen LogP contribution >= 0.6 is 0 Å². The molecule has 116 valence electrons. The summed E-state index contributed by atoms with van der Waals surface area (Å²) in [5.74, 6) is 1.27. The second-order valence-corrected chi connectivity index (χ2v) is 5.49. The molecule has 2 aromatic heterocycles. The van der Waals surface area contributed by atoms with Crippen molar-refractivity contribution in [2.24, 2.45) is 0 Å². The molecular formula is C16H21N5O. The van der Waals surface area contributed by atoms with Gasteiger partial charge in [0, 0.05) is 43.9 Å². The lowest BCUT2D eigenvalue weighted by molar-refractivity contribution is 0.208. The fourth-order valence-electron chi connectivity index (χ4n) is 2.83. The standard InChI is InChI=1S/C16H21N5O/c1-22-16-15(18-7-8-19-16)20-14-5-3-9-21(12-14)11-13-4-2-6-17-10-13/h2,4,6-8,10,14H,3,5,9,11-12H2,1H3,(H,18,20)/t14-/m1/s1. The number of aromatic nitrogens is 3. The van der Waals surface area contributed by atoms with Gasteiger partial charge >= 0.3 is 0 Å². The number of hydrogen-bond donors (Lipinski definition) is 1. The SMILES string of the molecule is COc1nccnc1N[C@@H]1CCCN(Cc2cccnc2)C1. The zero-order valence-electron chi connectivity index (χ0n) is 12.8. The Morgan fingerprint density at radius 2 is 2.23 bits per heavy atom. The highest BCUT2D eigenvalue weighted by molar-refractivity contribution is 5.45. The van der Waals surface area contributed by atoms with E-state index in [1.165, 1.54) is 12.0 Å². The van der Waals surface area contributed by atoms with Gasteiger partial charge in [0.15, 0.2) is 5.82 Å². The van der Waals surface area contributed by atoms with Crippen LogP contribution in [0.3, 0.4) is 0 Å². The van der Waals surface area contributed by atoms with Gasteiger partial charge in [-0.25, -0.2) is 9.97 Å². The molecule has 1 aliphatic heterocycles. The van der Waals surface area contributed by atoms with Crippen LogP contribution in [0.2, 0.25) is 0 Å². The molecule has 0 radical (unpaired) electrons. The van der Waals surface area contributed by atoms with Gasteiger partial charge in [0.05, 0.1) is 7.11 Å². The van der Waals surface area contributed by atoms with Crippen molar-refractivity contribution in [3.05, 3.63) is 42.5 Å². The smallest absolute Gasteiger partial charge is 0.257 e. The third-order valence-corrected chi connectivity index (χ3v) is 3.83. The molecular weight excluding hydrogens is 278 g/mol. The van der Waals surface area contributed by atoms with Crippen molar-refractivity contribution in [1.82, 2.24) is 19.9 Å². The molecule has 6 nitrogen and oxygen atoms in total. The summed E-state index contributed by atoms with van der Waals surface area (Å²) in [6, 6.07) is 4.46. The molecule has 0 spiro atoms. The first-order valence-corrected chi connectivity index (χ1v) is 7.58. The molecule has 0 aromatic carbocycles. The van der Waals surface area contributed by atoms with Gasteiger partial charge in [-0.15, -0.1) is 0 Å². The van der Waals surface area contributed by atoms with Crippen LogP contribution in [-0.2, 0) is 6.54 Å². The Hall–Kier alpha value is -2.21. The molecule has 1 fully saturated rings. The number of anilines is 1. The molecule has 1 N–H and O–H groups in total. The van der Waals surface area contributed by atoms with Gasteiger partial charge in [-0.3, -0.25) is 9.88 Å². The van der Waals surface area contributed by atoms with Crippen molar-refractivity contribution in [2.45, 2.75) is 25.4 Å². The average molecular weight is 299 g/mol. The van der Waals surface area contributed by atoms with E-state index in [0.29, 0.717) is 11.9 Å². The molecule has 0 bridgehead atoms. The maximum absolute atomic E-state index is 5.25. The van der Waals surface area contributed by atoms with Crippen molar-refractivity contribution in [2.75, 3.05) is 25.5 Å². The normalized spacial score (nSPS) is 18.9. The van der Waals surface area contributed by atoms with Gasteiger partial charge in [-0.2, -0.15) is 0 Å². The molecule has 1 saturated heterocycles. The summed E-state index contributed by atoms with van der Waals surface area (Å²) in [7, 11) is 1.62. The molecule has 3 rings (SSSR count). The minimum absolute atomic E-state index is 0.357. The first-order valence-electron chi connectivity index (χ1n) is 7.58. The van der Waals surface area contributed by atoms with Crippen molar-refractivity contribution in [3.63, 3.8) is 0 Å². The minimum atomic E-state index is 0.357. The quantitative estimate of drug-likeness (QED) is 0.910. The number of piperidine rings is 1.